The van der Waals surface area contributed by atoms with E-state index < -0.39 is 17.5 Å². The molecule has 16 heavy (non-hydrogen) atoms. The minimum Gasteiger partial charge on any atom is -0.449 e. The predicted octanol–water partition coefficient (Wildman–Crippen LogP) is 1.26. The molecule has 0 aromatic rings. The van der Waals surface area contributed by atoms with Gasteiger partial charge in [0.1, 0.15) is 5.54 Å². The van der Waals surface area contributed by atoms with Gasteiger partial charge in [-0.05, 0) is 19.3 Å². The summed E-state index contributed by atoms with van der Waals surface area (Å²) in [4.78, 5) is 24.5. The Balaban J connectivity index is 2.53. The van der Waals surface area contributed by atoms with E-state index in [1.165, 1.54) is 4.90 Å². The molecular formula is C11H20N2O3. The third-order valence-electron chi connectivity index (χ3n) is 3.25. The van der Waals surface area contributed by atoms with Crippen LogP contribution in [-0.2, 0) is 9.53 Å². The fourth-order valence-electron chi connectivity index (χ4n) is 1.94. The lowest BCUT2D eigenvalue weighted by Gasteiger charge is -2.49. The van der Waals surface area contributed by atoms with Crippen LogP contribution in [0.2, 0.25) is 0 Å². The van der Waals surface area contributed by atoms with E-state index in [0.29, 0.717) is 26.0 Å². The maximum absolute atomic E-state index is 11.7. The highest BCUT2D eigenvalue weighted by Gasteiger charge is 2.51. The van der Waals surface area contributed by atoms with Crippen molar-refractivity contribution in [2.45, 2.75) is 45.1 Å². The van der Waals surface area contributed by atoms with Gasteiger partial charge in [-0.15, -0.1) is 0 Å². The Morgan fingerprint density at radius 3 is 2.50 bits per heavy atom. The fourth-order valence-corrected chi connectivity index (χ4v) is 1.94. The van der Waals surface area contributed by atoms with Crippen molar-refractivity contribution in [2.75, 3.05) is 13.2 Å². The Morgan fingerprint density at radius 2 is 2.12 bits per heavy atom. The molecule has 0 bridgehead atoms. The number of nitrogens with two attached hydrogens (primary N) is 1. The number of hydrogen-bond donors (Lipinski definition) is 1. The molecule has 2 N–H and O–H groups in total. The molecule has 1 heterocycles. The molecule has 1 aliphatic heterocycles. The molecule has 1 fully saturated rings. The lowest BCUT2D eigenvalue weighted by atomic mass is 9.82. The first kappa shape index (κ1) is 12.8. The van der Waals surface area contributed by atoms with Gasteiger partial charge in [0.05, 0.1) is 6.61 Å². The second-order valence-corrected chi connectivity index (χ2v) is 4.12. The third-order valence-corrected chi connectivity index (χ3v) is 3.25. The normalized spacial score (nSPS) is 23.8. The molecular weight excluding hydrogens is 208 g/mol. The average molecular weight is 228 g/mol. The Hall–Kier alpha value is -1.26. The number of rotatable bonds is 5. The van der Waals surface area contributed by atoms with E-state index in [1.54, 1.807) is 0 Å². The molecule has 1 unspecified atom stereocenters. The Kier molecular flexibility index (Phi) is 4.15. The van der Waals surface area contributed by atoms with Crippen LogP contribution in [0.1, 0.15) is 39.5 Å². The minimum atomic E-state index is -0.802. The number of carbonyl (C=O) groups is 2. The van der Waals surface area contributed by atoms with Crippen molar-refractivity contribution in [1.29, 1.82) is 0 Å². The third kappa shape index (κ3) is 2.13. The summed E-state index contributed by atoms with van der Waals surface area (Å²) in [7, 11) is 0. The van der Waals surface area contributed by atoms with Crippen molar-refractivity contribution in [3.63, 3.8) is 0 Å². The minimum absolute atomic E-state index is 0.407. The molecule has 2 amide bonds. The van der Waals surface area contributed by atoms with E-state index in [1.807, 2.05) is 13.8 Å². The molecule has 0 saturated carbocycles. The number of likely N-dealkylation sites (tertiary alicyclic amines) is 1. The topological polar surface area (TPSA) is 72.6 Å². The molecule has 5 heteroatoms. The largest absolute Gasteiger partial charge is 0.449 e. The summed E-state index contributed by atoms with van der Waals surface area (Å²) in [6.45, 7) is 4.85. The molecule has 1 aliphatic rings. The van der Waals surface area contributed by atoms with Gasteiger partial charge in [0.2, 0.25) is 5.91 Å². The lowest BCUT2D eigenvalue weighted by Crippen LogP contribution is -2.68. The highest BCUT2D eigenvalue weighted by molar-refractivity contribution is 5.90. The average Bonchev–Trinajstić information content (AvgIpc) is 2.17. The first-order chi connectivity index (χ1) is 7.58. The summed E-state index contributed by atoms with van der Waals surface area (Å²) < 4.78 is 5.07. The summed E-state index contributed by atoms with van der Waals surface area (Å²) in [5.41, 5.74) is 4.54. The maximum atomic E-state index is 11.7. The van der Waals surface area contributed by atoms with Crippen molar-refractivity contribution >= 4 is 12.0 Å². The van der Waals surface area contributed by atoms with Crippen molar-refractivity contribution in [3.05, 3.63) is 0 Å². The summed E-state index contributed by atoms with van der Waals surface area (Å²) in [6.07, 6.45) is 2.59. The number of ether oxygens (including phenoxy) is 1. The second-order valence-electron chi connectivity index (χ2n) is 4.12. The van der Waals surface area contributed by atoms with E-state index in [0.717, 1.165) is 12.8 Å². The fraction of sp³-hybridized carbons (Fsp3) is 0.818. The summed E-state index contributed by atoms with van der Waals surface area (Å²) >= 11 is 0. The van der Waals surface area contributed by atoms with Crippen molar-refractivity contribution < 1.29 is 14.3 Å². The van der Waals surface area contributed by atoms with E-state index in [2.05, 4.69) is 0 Å². The number of primary amides is 1. The standard InChI is InChI=1S/C11H20N2O3/c1-3-5-8-16-10(15)13-7-6-11(13,4-2)9(12)14/h3-8H2,1-2H3,(H2,12,14). The zero-order valence-corrected chi connectivity index (χ0v) is 9.99. The first-order valence-electron chi connectivity index (χ1n) is 5.82. The smallest absolute Gasteiger partial charge is 0.410 e. The second kappa shape index (κ2) is 5.18. The van der Waals surface area contributed by atoms with Gasteiger partial charge in [0.25, 0.3) is 0 Å². The molecule has 0 aliphatic carbocycles. The van der Waals surface area contributed by atoms with Gasteiger partial charge in [-0.3, -0.25) is 9.69 Å². The van der Waals surface area contributed by atoms with Gasteiger partial charge in [0, 0.05) is 6.54 Å². The molecule has 0 radical (unpaired) electrons. The van der Waals surface area contributed by atoms with E-state index in [-0.39, 0.29) is 0 Å². The number of hydrogen-bond acceptors (Lipinski definition) is 3. The van der Waals surface area contributed by atoms with Crippen LogP contribution >= 0.6 is 0 Å². The Labute approximate surface area is 95.9 Å². The molecule has 0 aromatic carbocycles. The molecule has 0 aromatic heterocycles. The van der Waals surface area contributed by atoms with E-state index in [9.17, 15) is 9.59 Å². The van der Waals surface area contributed by atoms with Crippen molar-refractivity contribution in [2.24, 2.45) is 5.73 Å². The Morgan fingerprint density at radius 1 is 1.44 bits per heavy atom. The summed E-state index contributed by atoms with van der Waals surface area (Å²) in [5.74, 6) is -0.436. The van der Waals surface area contributed by atoms with Crippen LogP contribution in [0, 0.1) is 0 Å². The number of nitrogens with zero attached hydrogens (tertiary/aromatic N) is 1. The van der Waals surface area contributed by atoms with Crippen LogP contribution in [0.15, 0.2) is 0 Å². The van der Waals surface area contributed by atoms with Gasteiger partial charge < -0.3 is 10.5 Å². The zero-order chi connectivity index (χ0) is 12.2. The quantitative estimate of drug-likeness (QED) is 0.720. The monoisotopic (exact) mass is 228 g/mol. The summed E-state index contributed by atoms with van der Waals surface area (Å²) in [5, 5.41) is 0. The van der Waals surface area contributed by atoms with Crippen molar-refractivity contribution in [3.8, 4) is 0 Å². The van der Waals surface area contributed by atoms with Crippen LogP contribution in [0.4, 0.5) is 4.79 Å². The van der Waals surface area contributed by atoms with Gasteiger partial charge >= 0.3 is 6.09 Å². The lowest BCUT2D eigenvalue weighted by molar-refractivity contribution is -0.137. The number of carbonyl (C=O) groups excluding carboxylic acids is 2. The van der Waals surface area contributed by atoms with Crippen LogP contribution in [-0.4, -0.2) is 35.6 Å². The molecule has 1 saturated heterocycles. The molecule has 1 atom stereocenters. The molecule has 5 nitrogen and oxygen atoms in total. The molecule has 92 valence electrons. The first-order valence-corrected chi connectivity index (χ1v) is 5.82. The van der Waals surface area contributed by atoms with Gasteiger partial charge in [-0.25, -0.2) is 4.79 Å². The van der Waals surface area contributed by atoms with Gasteiger partial charge in [-0.1, -0.05) is 20.3 Å². The molecule has 0 spiro atoms. The van der Waals surface area contributed by atoms with Crippen LogP contribution < -0.4 is 5.73 Å². The molecule has 1 rings (SSSR count). The SMILES string of the molecule is CCCCOC(=O)N1CCC1(CC)C(N)=O. The van der Waals surface area contributed by atoms with Crippen LogP contribution in [0.5, 0.6) is 0 Å². The number of amides is 2. The highest BCUT2D eigenvalue weighted by Crippen LogP contribution is 2.34. The van der Waals surface area contributed by atoms with Crippen LogP contribution in [0.3, 0.4) is 0 Å². The number of unbranched alkanes of at least 4 members (excludes halogenated alkanes) is 1. The van der Waals surface area contributed by atoms with Crippen LogP contribution in [0.25, 0.3) is 0 Å². The highest BCUT2D eigenvalue weighted by atomic mass is 16.6. The van der Waals surface area contributed by atoms with Gasteiger partial charge in [0.15, 0.2) is 0 Å². The predicted molar refractivity (Wildman–Crippen MR) is 59.8 cm³/mol. The van der Waals surface area contributed by atoms with Gasteiger partial charge in [-0.2, -0.15) is 0 Å². The van der Waals surface area contributed by atoms with E-state index >= 15 is 0 Å². The Bertz CT molecular complexity index is 276. The zero-order valence-electron chi connectivity index (χ0n) is 9.99. The van der Waals surface area contributed by atoms with Crippen molar-refractivity contribution in [1.82, 2.24) is 4.90 Å². The maximum Gasteiger partial charge on any atom is 0.410 e. The summed E-state index contributed by atoms with van der Waals surface area (Å²) in [6, 6.07) is 0. The van der Waals surface area contributed by atoms with E-state index in [4.69, 9.17) is 10.5 Å².